The quantitative estimate of drug-likeness (QED) is 0.845. The van der Waals surface area contributed by atoms with Gasteiger partial charge in [0.25, 0.3) is 0 Å². The number of amides is 2. The Morgan fingerprint density at radius 1 is 1.13 bits per heavy atom. The number of urea groups is 1. The lowest BCUT2D eigenvalue weighted by Gasteiger charge is -2.32. The Kier molecular flexibility index (Phi) is 5.77. The first kappa shape index (κ1) is 17.0. The predicted octanol–water partition coefficient (Wildman–Crippen LogP) is 4.07. The molecule has 0 heterocycles. The minimum absolute atomic E-state index is 0.235. The van der Waals surface area contributed by atoms with E-state index in [0.29, 0.717) is 6.54 Å². The molecule has 0 saturated heterocycles. The summed E-state index contributed by atoms with van der Waals surface area (Å²) in [5.74, 6) is 0. The maximum Gasteiger partial charge on any atom is 0.319 e. The van der Waals surface area contributed by atoms with E-state index in [-0.39, 0.29) is 6.03 Å². The van der Waals surface area contributed by atoms with E-state index in [1.54, 1.807) is 7.11 Å². The van der Waals surface area contributed by atoms with Crippen molar-refractivity contribution in [3.63, 3.8) is 0 Å². The first-order valence-electron chi connectivity index (χ1n) is 7.82. The van der Waals surface area contributed by atoms with Gasteiger partial charge in [0.05, 0.1) is 6.54 Å². The molecular weight excluding hydrogens is 288 g/mol. The number of anilines is 1. The summed E-state index contributed by atoms with van der Waals surface area (Å²) in [4.78, 5) is 12.2. The number of benzene rings is 2. The summed E-state index contributed by atoms with van der Waals surface area (Å²) in [6, 6.07) is 17.4. The molecule has 2 rings (SSSR count). The van der Waals surface area contributed by atoms with Crippen LogP contribution in [0.5, 0.6) is 0 Å². The van der Waals surface area contributed by atoms with Gasteiger partial charge in [0.15, 0.2) is 0 Å². The number of methoxy groups -OCH3 is 1. The predicted molar refractivity (Wildman–Crippen MR) is 93.6 cm³/mol. The number of carbonyl (C=O) groups is 1. The van der Waals surface area contributed by atoms with E-state index in [2.05, 4.69) is 17.6 Å². The van der Waals surface area contributed by atoms with Gasteiger partial charge in [-0.15, -0.1) is 0 Å². The number of hydrogen-bond acceptors (Lipinski definition) is 2. The van der Waals surface area contributed by atoms with E-state index in [1.807, 2.05) is 61.5 Å². The van der Waals surface area contributed by atoms with Crippen LogP contribution in [0.15, 0.2) is 54.6 Å². The zero-order valence-electron chi connectivity index (χ0n) is 13.9. The highest BCUT2D eigenvalue weighted by Gasteiger charge is 2.30. The van der Waals surface area contributed by atoms with Crippen molar-refractivity contribution in [2.45, 2.75) is 25.9 Å². The van der Waals surface area contributed by atoms with Crippen LogP contribution in [-0.4, -0.2) is 19.7 Å². The van der Waals surface area contributed by atoms with Gasteiger partial charge >= 0.3 is 6.03 Å². The van der Waals surface area contributed by atoms with Crippen molar-refractivity contribution in [2.75, 3.05) is 19.0 Å². The molecule has 0 radical (unpaired) electrons. The molecule has 0 aliphatic rings. The molecule has 2 N–H and O–H groups in total. The molecule has 122 valence electrons. The Morgan fingerprint density at radius 3 is 2.48 bits per heavy atom. The number of rotatable bonds is 6. The Morgan fingerprint density at radius 2 is 1.87 bits per heavy atom. The monoisotopic (exact) mass is 312 g/mol. The minimum atomic E-state index is -0.523. The van der Waals surface area contributed by atoms with Crippen LogP contribution in [0.3, 0.4) is 0 Å². The van der Waals surface area contributed by atoms with E-state index >= 15 is 0 Å². The van der Waals surface area contributed by atoms with E-state index in [4.69, 9.17) is 4.74 Å². The van der Waals surface area contributed by atoms with Crippen LogP contribution in [0, 0.1) is 6.92 Å². The van der Waals surface area contributed by atoms with Gasteiger partial charge in [0, 0.05) is 12.8 Å². The van der Waals surface area contributed by atoms with E-state index in [0.717, 1.165) is 23.2 Å². The van der Waals surface area contributed by atoms with Gasteiger partial charge in [-0.2, -0.15) is 0 Å². The molecule has 0 bridgehead atoms. The third kappa shape index (κ3) is 4.33. The van der Waals surface area contributed by atoms with Gasteiger partial charge in [-0.05, 0) is 36.6 Å². The van der Waals surface area contributed by atoms with Crippen molar-refractivity contribution in [1.82, 2.24) is 5.32 Å². The average molecular weight is 312 g/mol. The standard InChI is InChI=1S/C19H24N2O2/c1-4-19(23-3,16-10-6-5-7-11-16)14-20-18(22)21-17-12-8-9-15(2)13-17/h5-13H,4,14H2,1-3H3,(H2,20,21,22). The highest BCUT2D eigenvalue weighted by molar-refractivity contribution is 5.89. The fourth-order valence-electron chi connectivity index (χ4n) is 2.63. The summed E-state index contributed by atoms with van der Waals surface area (Å²) >= 11 is 0. The molecule has 23 heavy (non-hydrogen) atoms. The van der Waals surface area contributed by atoms with E-state index in [9.17, 15) is 4.79 Å². The molecule has 0 saturated carbocycles. The minimum Gasteiger partial charge on any atom is -0.372 e. The largest absolute Gasteiger partial charge is 0.372 e. The molecule has 2 amide bonds. The molecule has 0 aliphatic heterocycles. The van der Waals surface area contributed by atoms with Gasteiger partial charge in [-0.3, -0.25) is 0 Å². The van der Waals surface area contributed by atoms with Gasteiger partial charge < -0.3 is 15.4 Å². The Hall–Kier alpha value is -2.33. The summed E-state index contributed by atoms with van der Waals surface area (Å²) in [7, 11) is 1.68. The summed E-state index contributed by atoms with van der Waals surface area (Å²) in [5, 5.41) is 5.77. The van der Waals surface area contributed by atoms with Crippen LogP contribution in [0.2, 0.25) is 0 Å². The van der Waals surface area contributed by atoms with Crippen molar-refractivity contribution in [2.24, 2.45) is 0 Å². The van der Waals surface area contributed by atoms with Crippen LogP contribution >= 0.6 is 0 Å². The van der Waals surface area contributed by atoms with Crippen LogP contribution in [0.1, 0.15) is 24.5 Å². The average Bonchev–Trinajstić information content (AvgIpc) is 2.57. The smallest absolute Gasteiger partial charge is 0.319 e. The van der Waals surface area contributed by atoms with Gasteiger partial charge in [0.2, 0.25) is 0 Å². The highest BCUT2D eigenvalue weighted by atomic mass is 16.5. The van der Waals surface area contributed by atoms with Crippen LogP contribution in [0.25, 0.3) is 0 Å². The second-order valence-corrected chi connectivity index (χ2v) is 5.60. The molecule has 2 aromatic rings. The lowest BCUT2D eigenvalue weighted by atomic mass is 9.91. The summed E-state index contributed by atoms with van der Waals surface area (Å²) in [6.45, 7) is 4.45. The highest BCUT2D eigenvalue weighted by Crippen LogP contribution is 2.28. The number of hydrogen-bond donors (Lipinski definition) is 2. The van der Waals surface area contributed by atoms with Crippen molar-refractivity contribution in [3.05, 3.63) is 65.7 Å². The molecular formula is C19H24N2O2. The first-order chi connectivity index (χ1) is 11.1. The Balaban J connectivity index is 2.03. The number of ether oxygens (including phenoxy) is 1. The maximum absolute atomic E-state index is 12.2. The molecule has 4 nitrogen and oxygen atoms in total. The SMILES string of the molecule is CCC(CNC(=O)Nc1cccc(C)c1)(OC)c1ccccc1. The van der Waals surface area contributed by atoms with Gasteiger partial charge in [-0.25, -0.2) is 4.79 Å². The molecule has 4 heteroatoms. The Labute approximate surface area is 137 Å². The van der Waals surface area contributed by atoms with Crippen molar-refractivity contribution in [1.29, 1.82) is 0 Å². The van der Waals surface area contributed by atoms with Crippen LogP contribution in [0.4, 0.5) is 10.5 Å². The molecule has 0 spiro atoms. The number of nitrogens with one attached hydrogen (secondary N) is 2. The second kappa shape index (κ2) is 7.79. The first-order valence-corrected chi connectivity index (χ1v) is 7.82. The molecule has 0 aliphatic carbocycles. The third-order valence-corrected chi connectivity index (χ3v) is 4.07. The molecule has 1 atom stereocenters. The second-order valence-electron chi connectivity index (χ2n) is 5.60. The third-order valence-electron chi connectivity index (χ3n) is 4.07. The fraction of sp³-hybridized carbons (Fsp3) is 0.316. The number of carbonyl (C=O) groups excluding carboxylic acids is 1. The lowest BCUT2D eigenvalue weighted by Crippen LogP contribution is -2.43. The molecule has 0 fully saturated rings. The van der Waals surface area contributed by atoms with Crippen molar-refractivity contribution >= 4 is 11.7 Å². The molecule has 0 aromatic heterocycles. The maximum atomic E-state index is 12.2. The normalized spacial score (nSPS) is 13.2. The zero-order chi connectivity index (χ0) is 16.7. The van der Waals surface area contributed by atoms with Crippen LogP contribution < -0.4 is 10.6 Å². The molecule has 2 aromatic carbocycles. The Bertz CT molecular complexity index is 637. The van der Waals surface area contributed by atoms with Crippen molar-refractivity contribution < 1.29 is 9.53 Å². The van der Waals surface area contributed by atoms with E-state index < -0.39 is 5.60 Å². The topological polar surface area (TPSA) is 50.4 Å². The molecule has 1 unspecified atom stereocenters. The van der Waals surface area contributed by atoms with Gasteiger partial charge in [-0.1, -0.05) is 49.4 Å². The summed E-state index contributed by atoms with van der Waals surface area (Å²) in [6.07, 6.45) is 0.762. The lowest BCUT2D eigenvalue weighted by molar-refractivity contribution is -0.0149. The zero-order valence-corrected chi connectivity index (χ0v) is 13.9. The van der Waals surface area contributed by atoms with Crippen LogP contribution in [-0.2, 0) is 10.3 Å². The summed E-state index contributed by atoms with van der Waals surface area (Å²) in [5.41, 5.74) is 2.42. The van der Waals surface area contributed by atoms with E-state index in [1.165, 1.54) is 0 Å². The summed E-state index contributed by atoms with van der Waals surface area (Å²) < 4.78 is 5.75. The van der Waals surface area contributed by atoms with Gasteiger partial charge in [0.1, 0.15) is 5.60 Å². The number of aryl methyl sites for hydroxylation is 1. The van der Waals surface area contributed by atoms with Crippen molar-refractivity contribution in [3.8, 4) is 0 Å². The fourth-order valence-corrected chi connectivity index (χ4v) is 2.63.